The average Bonchev–Trinajstić information content (AvgIpc) is 2.87. The van der Waals surface area contributed by atoms with Crippen LogP contribution < -0.4 is 0 Å². The number of aliphatic carboxylic acids is 1. The summed E-state index contributed by atoms with van der Waals surface area (Å²) in [7, 11) is 1.69. The van der Waals surface area contributed by atoms with Gasteiger partial charge in [-0.1, -0.05) is 34.1 Å². The monoisotopic (exact) mass is 350 g/mol. The summed E-state index contributed by atoms with van der Waals surface area (Å²) >= 11 is 3.45. The molecule has 0 saturated heterocycles. The summed E-state index contributed by atoms with van der Waals surface area (Å²) in [6, 6.07) is 11.0. The summed E-state index contributed by atoms with van der Waals surface area (Å²) < 4.78 is 2.37. The molecule has 5 nitrogen and oxygen atoms in total. The zero-order valence-electron chi connectivity index (χ0n) is 11.5. The van der Waals surface area contributed by atoms with E-state index >= 15 is 0 Å². The van der Waals surface area contributed by atoms with E-state index in [2.05, 4.69) is 15.9 Å². The van der Waals surface area contributed by atoms with E-state index in [1.807, 2.05) is 24.3 Å². The third-order valence-corrected chi connectivity index (χ3v) is 3.84. The lowest BCUT2D eigenvalue weighted by Gasteiger charge is -2.19. The SMILES string of the molecule is CN(Cc1ccccc1Br)C(=O)c1cccn1CC(=O)O. The van der Waals surface area contributed by atoms with Gasteiger partial charge < -0.3 is 14.6 Å². The van der Waals surface area contributed by atoms with Crippen LogP contribution in [0.25, 0.3) is 0 Å². The Kier molecular flexibility index (Phi) is 4.80. The molecule has 2 rings (SSSR count). The number of carbonyl (C=O) groups is 2. The number of halogens is 1. The molecule has 0 radical (unpaired) electrons. The van der Waals surface area contributed by atoms with Crippen LogP contribution in [-0.2, 0) is 17.9 Å². The van der Waals surface area contributed by atoms with E-state index < -0.39 is 5.97 Å². The van der Waals surface area contributed by atoms with Gasteiger partial charge in [0.1, 0.15) is 12.2 Å². The lowest BCUT2D eigenvalue weighted by molar-refractivity contribution is -0.137. The van der Waals surface area contributed by atoms with Gasteiger partial charge in [-0.3, -0.25) is 9.59 Å². The van der Waals surface area contributed by atoms with Crippen LogP contribution in [0.3, 0.4) is 0 Å². The highest BCUT2D eigenvalue weighted by Crippen LogP contribution is 2.18. The number of carboxylic acids is 1. The van der Waals surface area contributed by atoms with Gasteiger partial charge >= 0.3 is 5.97 Å². The number of aromatic nitrogens is 1. The molecular weight excluding hydrogens is 336 g/mol. The van der Waals surface area contributed by atoms with Crippen molar-refractivity contribution in [2.45, 2.75) is 13.1 Å². The van der Waals surface area contributed by atoms with Crippen molar-refractivity contribution in [3.8, 4) is 0 Å². The maximum absolute atomic E-state index is 12.4. The summed E-state index contributed by atoms with van der Waals surface area (Å²) in [5.74, 6) is -1.19. The fraction of sp³-hybridized carbons (Fsp3) is 0.200. The van der Waals surface area contributed by atoms with Gasteiger partial charge in [-0.05, 0) is 23.8 Å². The number of hydrogen-bond donors (Lipinski definition) is 1. The van der Waals surface area contributed by atoms with Crippen molar-refractivity contribution in [3.63, 3.8) is 0 Å². The van der Waals surface area contributed by atoms with Crippen molar-refractivity contribution < 1.29 is 14.7 Å². The molecule has 0 aliphatic rings. The molecule has 0 saturated carbocycles. The normalized spacial score (nSPS) is 10.4. The van der Waals surface area contributed by atoms with Crippen molar-refractivity contribution in [1.29, 1.82) is 0 Å². The van der Waals surface area contributed by atoms with Crippen molar-refractivity contribution in [1.82, 2.24) is 9.47 Å². The van der Waals surface area contributed by atoms with Crippen LogP contribution in [-0.4, -0.2) is 33.5 Å². The number of benzene rings is 1. The quantitative estimate of drug-likeness (QED) is 0.901. The fourth-order valence-electron chi connectivity index (χ4n) is 2.04. The third-order valence-electron chi connectivity index (χ3n) is 3.07. The number of rotatable bonds is 5. The predicted molar refractivity (Wildman–Crippen MR) is 82.0 cm³/mol. The summed E-state index contributed by atoms with van der Waals surface area (Å²) in [4.78, 5) is 24.8. The first kappa shape index (κ1) is 15.3. The molecular formula is C15H15BrN2O3. The molecule has 1 heterocycles. The minimum Gasteiger partial charge on any atom is -0.480 e. The Hall–Kier alpha value is -2.08. The van der Waals surface area contributed by atoms with Gasteiger partial charge in [-0.25, -0.2) is 0 Å². The van der Waals surface area contributed by atoms with Crippen LogP contribution in [0.4, 0.5) is 0 Å². The van der Waals surface area contributed by atoms with Gasteiger partial charge in [-0.15, -0.1) is 0 Å². The molecule has 0 unspecified atom stereocenters. The minimum atomic E-state index is -0.978. The molecule has 2 aromatic rings. The highest BCUT2D eigenvalue weighted by atomic mass is 79.9. The van der Waals surface area contributed by atoms with Crippen molar-refractivity contribution >= 4 is 27.8 Å². The maximum atomic E-state index is 12.4. The maximum Gasteiger partial charge on any atom is 0.323 e. The Morgan fingerprint density at radius 2 is 1.95 bits per heavy atom. The molecule has 110 valence electrons. The Morgan fingerprint density at radius 1 is 1.24 bits per heavy atom. The number of nitrogens with zero attached hydrogens (tertiary/aromatic N) is 2. The predicted octanol–water partition coefficient (Wildman–Crippen LogP) is 2.61. The first-order valence-corrected chi connectivity index (χ1v) is 7.14. The largest absolute Gasteiger partial charge is 0.480 e. The van der Waals surface area contributed by atoms with E-state index in [1.54, 1.807) is 30.3 Å². The smallest absolute Gasteiger partial charge is 0.323 e. The Labute approximate surface area is 130 Å². The first-order chi connectivity index (χ1) is 9.99. The van der Waals surface area contributed by atoms with E-state index in [1.165, 1.54) is 4.57 Å². The van der Waals surface area contributed by atoms with Crippen molar-refractivity contribution in [3.05, 3.63) is 58.3 Å². The molecule has 1 amide bonds. The van der Waals surface area contributed by atoms with Crippen LogP contribution in [0.2, 0.25) is 0 Å². The Morgan fingerprint density at radius 3 is 2.62 bits per heavy atom. The first-order valence-electron chi connectivity index (χ1n) is 6.35. The summed E-state index contributed by atoms with van der Waals surface area (Å²) in [5, 5.41) is 8.85. The van der Waals surface area contributed by atoms with E-state index in [-0.39, 0.29) is 12.5 Å². The summed E-state index contributed by atoms with van der Waals surface area (Å²) in [6.45, 7) is 0.218. The van der Waals surface area contributed by atoms with Crippen LogP contribution in [0.5, 0.6) is 0 Å². The summed E-state index contributed by atoms with van der Waals surface area (Å²) in [6.07, 6.45) is 1.59. The number of amides is 1. The lowest BCUT2D eigenvalue weighted by atomic mass is 10.2. The number of carboxylic acid groups (broad SMARTS) is 1. The third kappa shape index (κ3) is 3.72. The lowest BCUT2D eigenvalue weighted by Crippen LogP contribution is -2.29. The van der Waals surface area contributed by atoms with Crippen LogP contribution in [0.1, 0.15) is 16.1 Å². The van der Waals surface area contributed by atoms with Gasteiger partial charge in [-0.2, -0.15) is 0 Å². The highest BCUT2D eigenvalue weighted by Gasteiger charge is 2.17. The van der Waals surface area contributed by atoms with Gasteiger partial charge in [0, 0.05) is 24.3 Å². The average molecular weight is 351 g/mol. The van der Waals surface area contributed by atoms with Gasteiger partial charge in [0.05, 0.1) is 0 Å². The second kappa shape index (κ2) is 6.58. The second-order valence-electron chi connectivity index (χ2n) is 4.67. The zero-order valence-corrected chi connectivity index (χ0v) is 13.1. The van der Waals surface area contributed by atoms with Crippen LogP contribution in [0.15, 0.2) is 47.1 Å². The molecule has 0 aliphatic carbocycles. The zero-order chi connectivity index (χ0) is 15.4. The van der Waals surface area contributed by atoms with Crippen LogP contribution >= 0.6 is 15.9 Å². The van der Waals surface area contributed by atoms with Crippen molar-refractivity contribution in [2.24, 2.45) is 0 Å². The Balaban J connectivity index is 2.15. The molecule has 0 atom stereocenters. The van der Waals surface area contributed by atoms with Gasteiger partial charge in [0.15, 0.2) is 0 Å². The van der Waals surface area contributed by atoms with E-state index in [4.69, 9.17) is 5.11 Å². The molecule has 6 heteroatoms. The molecule has 1 aromatic carbocycles. The fourth-order valence-corrected chi connectivity index (χ4v) is 2.45. The topological polar surface area (TPSA) is 62.5 Å². The molecule has 0 spiro atoms. The van der Waals surface area contributed by atoms with Gasteiger partial charge in [0.2, 0.25) is 0 Å². The molecule has 0 fully saturated rings. The Bertz CT molecular complexity index is 666. The highest BCUT2D eigenvalue weighted by molar-refractivity contribution is 9.10. The van der Waals surface area contributed by atoms with Crippen molar-refractivity contribution in [2.75, 3.05) is 7.05 Å². The molecule has 1 aromatic heterocycles. The number of hydrogen-bond acceptors (Lipinski definition) is 2. The van der Waals surface area contributed by atoms with E-state index in [0.29, 0.717) is 12.2 Å². The molecule has 21 heavy (non-hydrogen) atoms. The van der Waals surface area contributed by atoms with E-state index in [9.17, 15) is 9.59 Å². The molecule has 0 aliphatic heterocycles. The molecule has 0 bridgehead atoms. The summed E-state index contributed by atoms with van der Waals surface area (Å²) in [5.41, 5.74) is 1.36. The van der Waals surface area contributed by atoms with Gasteiger partial charge in [0.25, 0.3) is 5.91 Å². The number of carbonyl (C=O) groups excluding carboxylic acids is 1. The minimum absolute atomic E-state index is 0.211. The molecule has 1 N–H and O–H groups in total. The standard InChI is InChI=1S/C15H15BrN2O3/c1-17(9-11-5-2-3-6-12(11)16)15(21)13-7-4-8-18(13)10-14(19)20/h2-8H,9-10H2,1H3,(H,19,20). The second-order valence-corrected chi connectivity index (χ2v) is 5.52. The van der Waals surface area contributed by atoms with E-state index in [0.717, 1.165) is 10.0 Å². The van der Waals surface area contributed by atoms with Crippen LogP contribution in [0, 0.1) is 0 Å².